The molecule has 0 aliphatic heterocycles. The third kappa shape index (κ3) is 6.91. The Hall–Kier alpha value is -3.19. The molecule has 0 atom stereocenters. The number of ether oxygens (including phenoxy) is 2. The number of carbonyl (C=O) groups is 3. The van der Waals surface area contributed by atoms with Gasteiger partial charge in [-0.05, 0) is 24.3 Å². The third-order valence-electron chi connectivity index (χ3n) is 3.58. The Morgan fingerprint density at radius 1 is 0.852 bits per heavy atom. The Balaban J connectivity index is 1.92. The van der Waals surface area contributed by atoms with Crippen molar-refractivity contribution in [3.63, 3.8) is 0 Å². The van der Waals surface area contributed by atoms with Gasteiger partial charge in [0.05, 0.1) is 24.3 Å². The van der Waals surface area contributed by atoms with Gasteiger partial charge in [0.2, 0.25) is 5.91 Å². The van der Waals surface area contributed by atoms with Crippen molar-refractivity contribution in [2.24, 2.45) is 0 Å². The van der Waals surface area contributed by atoms with Crippen LogP contribution in [-0.2, 0) is 19.1 Å². The molecule has 27 heavy (non-hydrogen) atoms. The lowest BCUT2D eigenvalue weighted by Gasteiger charge is -2.11. The monoisotopic (exact) mass is 370 g/mol. The second kappa shape index (κ2) is 10.7. The number of carbonyl (C=O) groups excluding carboxylic acids is 3. The third-order valence-corrected chi connectivity index (χ3v) is 3.58. The van der Waals surface area contributed by atoms with Gasteiger partial charge in [0.1, 0.15) is 6.61 Å². The van der Waals surface area contributed by atoms with E-state index in [1.165, 1.54) is 7.11 Å². The topological polar surface area (TPSA) is 93.7 Å². The zero-order chi connectivity index (χ0) is 19.5. The van der Waals surface area contributed by atoms with Crippen LogP contribution in [0.15, 0.2) is 54.6 Å². The molecule has 2 rings (SSSR count). The molecule has 2 aromatic carbocycles. The van der Waals surface area contributed by atoms with Gasteiger partial charge < -0.3 is 20.1 Å². The Bertz CT molecular complexity index is 777. The van der Waals surface area contributed by atoms with Gasteiger partial charge in [0.15, 0.2) is 0 Å². The number of nitrogens with one attached hydrogen (secondary N) is 2. The van der Waals surface area contributed by atoms with Crippen molar-refractivity contribution < 1.29 is 23.9 Å². The first-order valence-corrected chi connectivity index (χ1v) is 8.50. The molecular weight excluding hydrogens is 348 g/mol. The molecule has 0 saturated heterocycles. The summed E-state index contributed by atoms with van der Waals surface area (Å²) in [6.07, 6.45) is -0.0889. The van der Waals surface area contributed by atoms with E-state index in [9.17, 15) is 14.4 Å². The molecule has 0 heterocycles. The molecule has 7 nitrogen and oxygen atoms in total. The van der Waals surface area contributed by atoms with Gasteiger partial charge >= 0.3 is 5.97 Å². The van der Waals surface area contributed by atoms with Crippen molar-refractivity contribution in [3.8, 4) is 0 Å². The standard InChI is InChI=1S/C20H22N2O5/c1-26-13-14-27-19(24)12-11-18(23)22-17-10-6-5-9-16(17)20(25)21-15-7-3-2-4-8-15/h2-10H,11-14H2,1H3,(H,21,25)(H,22,23). The number of benzene rings is 2. The molecule has 0 unspecified atom stereocenters. The summed E-state index contributed by atoms with van der Waals surface area (Å²) in [5.74, 6) is -1.19. The van der Waals surface area contributed by atoms with Crippen LogP contribution in [-0.4, -0.2) is 38.1 Å². The van der Waals surface area contributed by atoms with Crippen LogP contribution in [0.1, 0.15) is 23.2 Å². The van der Waals surface area contributed by atoms with Crippen molar-refractivity contribution in [2.75, 3.05) is 31.0 Å². The van der Waals surface area contributed by atoms with Gasteiger partial charge in [-0.1, -0.05) is 30.3 Å². The van der Waals surface area contributed by atoms with Crippen LogP contribution in [0.25, 0.3) is 0 Å². The normalized spacial score (nSPS) is 10.1. The highest BCUT2D eigenvalue weighted by molar-refractivity contribution is 6.10. The van der Waals surface area contributed by atoms with Crippen LogP contribution in [0.2, 0.25) is 0 Å². The van der Waals surface area contributed by atoms with Gasteiger partial charge in [-0.15, -0.1) is 0 Å². The fraction of sp³-hybridized carbons (Fsp3) is 0.250. The molecule has 0 fully saturated rings. The van der Waals surface area contributed by atoms with E-state index in [2.05, 4.69) is 10.6 Å². The van der Waals surface area contributed by atoms with Crippen LogP contribution in [0.3, 0.4) is 0 Å². The summed E-state index contributed by atoms with van der Waals surface area (Å²) < 4.78 is 9.68. The number of anilines is 2. The van der Waals surface area contributed by atoms with E-state index in [1.54, 1.807) is 36.4 Å². The van der Waals surface area contributed by atoms with Gasteiger partial charge in [0, 0.05) is 19.2 Å². The van der Waals surface area contributed by atoms with Crippen molar-refractivity contribution in [3.05, 3.63) is 60.2 Å². The van der Waals surface area contributed by atoms with E-state index in [0.717, 1.165) is 0 Å². The number of methoxy groups -OCH3 is 1. The van der Waals surface area contributed by atoms with E-state index in [0.29, 0.717) is 23.5 Å². The molecule has 142 valence electrons. The molecule has 0 bridgehead atoms. The average molecular weight is 370 g/mol. The molecule has 7 heteroatoms. The molecule has 2 aromatic rings. The molecule has 0 spiro atoms. The minimum atomic E-state index is -0.475. The molecule has 2 amide bonds. The fourth-order valence-electron chi connectivity index (χ4n) is 2.25. The fourth-order valence-corrected chi connectivity index (χ4v) is 2.25. The number of esters is 1. The molecule has 2 N–H and O–H groups in total. The second-order valence-corrected chi connectivity index (χ2v) is 5.63. The van der Waals surface area contributed by atoms with E-state index < -0.39 is 5.97 Å². The Morgan fingerprint density at radius 2 is 1.56 bits per heavy atom. The van der Waals surface area contributed by atoms with Crippen molar-refractivity contribution in [2.45, 2.75) is 12.8 Å². The lowest BCUT2D eigenvalue weighted by atomic mass is 10.1. The van der Waals surface area contributed by atoms with Gasteiger partial charge in [0.25, 0.3) is 5.91 Å². The van der Waals surface area contributed by atoms with Crippen molar-refractivity contribution in [1.82, 2.24) is 0 Å². The molecule has 0 aromatic heterocycles. The first kappa shape index (κ1) is 20.1. The first-order valence-electron chi connectivity index (χ1n) is 8.50. The maximum absolute atomic E-state index is 12.5. The predicted octanol–water partition coefficient (Wildman–Crippen LogP) is 2.85. The Kier molecular flexibility index (Phi) is 7.99. The average Bonchev–Trinajstić information content (AvgIpc) is 2.68. The van der Waals surface area contributed by atoms with Crippen LogP contribution in [0.5, 0.6) is 0 Å². The largest absolute Gasteiger partial charge is 0.463 e. The SMILES string of the molecule is COCCOC(=O)CCC(=O)Nc1ccccc1C(=O)Nc1ccccc1. The summed E-state index contributed by atoms with van der Waals surface area (Å²) in [4.78, 5) is 36.1. The maximum atomic E-state index is 12.5. The maximum Gasteiger partial charge on any atom is 0.306 e. The zero-order valence-corrected chi connectivity index (χ0v) is 15.1. The predicted molar refractivity (Wildman–Crippen MR) is 102 cm³/mol. The van der Waals surface area contributed by atoms with E-state index in [1.807, 2.05) is 18.2 Å². The minimum Gasteiger partial charge on any atom is -0.463 e. The summed E-state index contributed by atoms with van der Waals surface area (Å²) in [5.41, 5.74) is 1.36. The van der Waals surface area contributed by atoms with Crippen LogP contribution < -0.4 is 10.6 Å². The first-order chi connectivity index (χ1) is 13.1. The number of amides is 2. The molecular formula is C20H22N2O5. The highest BCUT2D eigenvalue weighted by Gasteiger charge is 2.14. The second-order valence-electron chi connectivity index (χ2n) is 5.63. The van der Waals surface area contributed by atoms with Gasteiger partial charge in [-0.2, -0.15) is 0 Å². The summed E-state index contributed by atoms with van der Waals surface area (Å²) in [6, 6.07) is 15.7. The van der Waals surface area contributed by atoms with Crippen LogP contribution >= 0.6 is 0 Å². The van der Waals surface area contributed by atoms with Gasteiger partial charge in [-0.25, -0.2) is 0 Å². The highest BCUT2D eigenvalue weighted by Crippen LogP contribution is 2.18. The zero-order valence-electron chi connectivity index (χ0n) is 15.1. The van der Waals surface area contributed by atoms with Crippen molar-refractivity contribution >= 4 is 29.2 Å². The van der Waals surface area contributed by atoms with Crippen LogP contribution in [0.4, 0.5) is 11.4 Å². The summed E-state index contributed by atoms with van der Waals surface area (Å²) in [7, 11) is 1.51. The van der Waals surface area contributed by atoms with Gasteiger partial charge in [-0.3, -0.25) is 14.4 Å². The smallest absolute Gasteiger partial charge is 0.306 e. The molecule has 0 saturated carbocycles. The highest BCUT2D eigenvalue weighted by atomic mass is 16.6. The number of rotatable bonds is 9. The summed E-state index contributed by atoms with van der Waals surface area (Å²) >= 11 is 0. The molecule has 0 aliphatic rings. The number of para-hydroxylation sites is 2. The van der Waals surface area contributed by atoms with E-state index >= 15 is 0 Å². The van der Waals surface area contributed by atoms with Crippen LogP contribution in [0, 0.1) is 0 Å². The lowest BCUT2D eigenvalue weighted by molar-refractivity contribution is -0.145. The summed E-state index contributed by atoms with van der Waals surface area (Å²) in [6.45, 7) is 0.460. The van der Waals surface area contributed by atoms with E-state index in [-0.39, 0.29) is 31.3 Å². The lowest BCUT2D eigenvalue weighted by Crippen LogP contribution is -2.19. The number of hydrogen-bond acceptors (Lipinski definition) is 5. The summed E-state index contributed by atoms with van der Waals surface area (Å²) in [5, 5.41) is 5.44. The Morgan fingerprint density at radius 3 is 2.30 bits per heavy atom. The Labute approximate surface area is 157 Å². The quantitative estimate of drug-likeness (QED) is 0.523. The molecule has 0 aliphatic carbocycles. The molecule has 0 radical (unpaired) electrons. The van der Waals surface area contributed by atoms with E-state index in [4.69, 9.17) is 9.47 Å². The number of hydrogen-bond donors (Lipinski definition) is 2. The van der Waals surface area contributed by atoms with Crippen molar-refractivity contribution in [1.29, 1.82) is 0 Å². The minimum absolute atomic E-state index is 0.0412.